The Morgan fingerprint density at radius 1 is 1.20 bits per heavy atom. The topological polar surface area (TPSA) is 95.7 Å². The summed E-state index contributed by atoms with van der Waals surface area (Å²) in [6.07, 6.45) is 0. The van der Waals surface area contributed by atoms with Crippen molar-refractivity contribution in [2.24, 2.45) is 5.84 Å². The first-order chi connectivity index (χ1) is 11.9. The summed E-state index contributed by atoms with van der Waals surface area (Å²) in [6, 6.07) is 7.26. The quantitative estimate of drug-likeness (QED) is 0.439. The zero-order valence-corrected chi connectivity index (χ0v) is 13.4. The van der Waals surface area contributed by atoms with Gasteiger partial charge >= 0.3 is 12.0 Å². The number of nitrogens with two attached hydrogens (primary N) is 1. The van der Waals surface area contributed by atoms with Crippen LogP contribution in [0.25, 0.3) is 11.1 Å². The highest BCUT2D eigenvalue weighted by Crippen LogP contribution is 2.27. The summed E-state index contributed by atoms with van der Waals surface area (Å²) in [5.74, 6) is 2.10. The number of halogens is 2. The van der Waals surface area contributed by atoms with Crippen molar-refractivity contribution in [1.29, 1.82) is 0 Å². The number of urea groups is 1. The molecule has 0 fully saturated rings. The van der Waals surface area contributed by atoms with Gasteiger partial charge in [0.25, 0.3) is 0 Å². The molecule has 8 heteroatoms. The number of hydrogen-bond acceptors (Lipinski definition) is 3. The molecule has 4 N–H and O–H groups in total. The van der Waals surface area contributed by atoms with Gasteiger partial charge in [0.15, 0.2) is 0 Å². The van der Waals surface area contributed by atoms with Crippen molar-refractivity contribution in [3.63, 3.8) is 0 Å². The van der Waals surface area contributed by atoms with E-state index in [4.69, 9.17) is 5.84 Å². The van der Waals surface area contributed by atoms with Crippen molar-refractivity contribution in [2.75, 3.05) is 6.54 Å². The number of nitrogens with zero attached hydrogens (tertiary/aromatic N) is 1. The lowest BCUT2D eigenvalue weighted by atomic mass is 9.98. The van der Waals surface area contributed by atoms with Gasteiger partial charge in [0.05, 0.1) is 6.54 Å². The summed E-state index contributed by atoms with van der Waals surface area (Å²) in [5.41, 5.74) is 1.98. The lowest BCUT2D eigenvalue weighted by Gasteiger charge is -2.20. The van der Waals surface area contributed by atoms with Crippen LogP contribution in [0.5, 0.6) is 0 Å². The highest BCUT2D eigenvalue weighted by atomic mass is 19.1. The van der Waals surface area contributed by atoms with Gasteiger partial charge in [0, 0.05) is 12.1 Å². The Bertz CT molecular complexity index is 812. The van der Waals surface area contributed by atoms with Gasteiger partial charge in [0.1, 0.15) is 17.2 Å². The predicted molar refractivity (Wildman–Crippen MR) is 87.6 cm³/mol. The van der Waals surface area contributed by atoms with Crippen molar-refractivity contribution >= 4 is 12.0 Å². The number of benzene rings is 2. The maximum Gasteiger partial charge on any atom is 0.339 e. The second kappa shape index (κ2) is 7.71. The molecule has 0 saturated heterocycles. The smallest absolute Gasteiger partial charge is 0.339 e. The van der Waals surface area contributed by atoms with Crippen LogP contribution in [-0.4, -0.2) is 28.6 Å². The molecule has 0 aliphatic carbocycles. The van der Waals surface area contributed by atoms with Crippen LogP contribution in [0.15, 0.2) is 36.4 Å². The highest BCUT2D eigenvalue weighted by molar-refractivity contribution is 5.96. The van der Waals surface area contributed by atoms with Crippen molar-refractivity contribution in [3.8, 4) is 11.1 Å². The second-order valence-electron chi connectivity index (χ2n) is 5.24. The van der Waals surface area contributed by atoms with Crippen LogP contribution < -0.4 is 11.3 Å². The first-order valence-electron chi connectivity index (χ1n) is 7.45. The van der Waals surface area contributed by atoms with Crippen LogP contribution in [-0.2, 0) is 6.54 Å². The van der Waals surface area contributed by atoms with Crippen molar-refractivity contribution in [3.05, 3.63) is 59.2 Å². The normalized spacial score (nSPS) is 10.4. The molecule has 0 aliphatic rings. The summed E-state index contributed by atoms with van der Waals surface area (Å²) in [4.78, 5) is 24.1. The molecule has 25 heavy (non-hydrogen) atoms. The number of rotatable bonds is 5. The summed E-state index contributed by atoms with van der Waals surface area (Å²) in [6.45, 7) is 2.02. The highest BCUT2D eigenvalue weighted by Gasteiger charge is 2.18. The summed E-state index contributed by atoms with van der Waals surface area (Å²) in [7, 11) is 0. The lowest BCUT2D eigenvalue weighted by molar-refractivity contribution is 0.0692. The molecule has 2 amide bonds. The lowest BCUT2D eigenvalue weighted by Crippen LogP contribution is -2.42. The van der Waals surface area contributed by atoms with Crippen LogP contribution in [0.3, 0.4) is 0 Å². The summed E-state index contributed by atoms with van der Waals surface area (Å²) in [5, 5.41) is 9.17. The van der Waals surface area contributed by atoms with Crippen molar-refractivity contribution < 1.29 is 23.5 Å². The molecular weight excluding hydrogens is 332 g/mol. The van der Waals surface area contributed by atoms with E-state index in [1.807, 2.05) is 5.43 Å². The molecule has 0 unspecified atom stereocenters. The Hall–Kier alpha value is -3.00. The zero-order chi connectivity index (χ0) is 18.6. The van der Waals surface area contributed by atoms with Gasteiger partial charge in [0.2, 0.25) is 0 Å². The number of nitrogens with one attached hydrogen (secondary N) is 1. The van der Waals surface area contributed by atoms with Crippen LogP contribution in [0.1, 0.15) is 22.8 Å². The zero-order valence-electron chi connectivity index (χ0n) is 13.4. The number of hydrazine groups is 1. The Labute approximate surface area is 142 Å². The van der Waals surface area contributed by atoms with Gasteiger partial charge < -0.3 is 10.0 Å². The molecule has 0 spiro atoms. The molecular formula is C17H17F2N3O3. The Balaban J connectivity index is 2.39. The van der Waals surface area contributed by atoms with Crippen molar-refractivity contribution in [2.45, 2.75) is 13.5 Å². The minimum absolute atomic E-state index is 0.0133. The Kier molecular flexibility index (Phi) is 5.66. The molecule has 0 bridgehead atoms. The predicted octanol–water partition coefficient (Wildman–Crippen LogP) is 2.74. The molecule has 0 radical (unpaired) electrons. The minimum Gasteiger partial charge on any atom is -0.478 e. The maximum absolute atomic E-state index is 14.4. The number of aromatic carboxylic acids is 1. The fraction of sp³-hybridized carbons (Fsp3) is 0.176. The number of hydrogen-bond donors (Lipinski definition) is 3. The van der Waals surface area contributed by atoms with E-state index in [2.05, 4.69) is 0 Å². The third-order valence-corrected chi connectivity index (χ3v) is 3.75. The van der Waals surface area contributed by atoms with Crippen LogP contribution in [0.4, 0.5) is 13.6 Å². The van der Waals surface area contributed by atoms with E-state index in [9.17, 15) is 23.5 Å². The molecule has 0 heterocycles. The van der Waals surface area contributed by atoms with Crippen molar-refractivity contribution in [1.82, 2.24) is 10.3 Å². The second-order valence-corrected chi connectivity index (χ2v) is 5.24. The molecule has 0 aromatic heterocycles. The largest absolute Gasteiger partial charge is 0.478 e. The Morgan fingerprint density at radius 2 is 1.92 bits per heavy atom. The van der Waals surface area contributed by atoms with Crippen LogP contribution in [0, 0.1) is 11.6 Å². The average molecular weight is 349 g/mol. The summed E-state index contributed by atoms with van der Waals surface area (Å²) >= 11 is 0. The standard InChI is InChI=1S/C17H17F2N3O3/c1-2-22(17(25)21-20)9-11-7-6-10(8-14(11)19)12-4-3-5-13(18)15(12)16(23)24/h3-8H,2,9,20H2,1H3,(H,21,25)(H,23,24). The number of carboxylic acids is 1. The van der Waals surface area contributed by atoms with E-state index < -0.39 is 29.2 Å². The maximum atomic E-state index is 14.4. The summed E-state index contributed by atoms with van der Waals surface area (Å²) < 4.78 is 28.2. The van der Waals surface area contributed by atoms with E-state index in [-0.39, 0.29) is 23.2 Å². The van der Waals surface area contributed by atoms with Gasteiger partial charge in [-0.05, 0) is 30.2 Å². The van der Waals surface area contributed by atoms with Gasteiger partial charge in [-0.3, -0.25) is 5.43 Å². The first kappa shape index (κ1) is 18.3. The molecule has 0 saturated carbocycles. The Morgan fingerprint density at radius 3 is 2.48 bits per heavy atom. The molecule has 132 valence electrons. The van der Waals surface area contributed by atoms with E-state index in [0.29, 0.717) is 6.54 Å². The molecule has 2 aromatic carbocycles. The van der Waals surface area contributed by atoms with Crippen LogP contribution >= 0.6 is 0 Å². The molecule has 2 rings (SSSR count). The van der Waals surface area contributed by atoms with E-state index in [1.165, 1.54) is 29.2 Å². The van der Waals surface area contributed by atoms with Gasteiger partial charge in [-0.25, -0.2) is 24.2 Å². The van der Waals surface area contributed by atoms with Gasteiger partial charge in [-0.15, -0.1) is 0 Å². The SMILES string of the molecule is CCN(Cc1ccc(-c2cccc(F)c2C(=O)O)cc1F)C(=O)NN. The third-order valence-electron chi connectivity index (χ3n) is 3.75. The minimum atomic E-state index is -1.44. The number of amides is 2. The number of carbonyl (C=O) groups excluding carboxylic acids is 1. The fourth-order valence-corrected chi connectivity index (χ4v) is 2.45. The molecule has 2 aromatic rings. The van der Waals surface area contributed by atoms with Gasteiger partial charge in [-0.1, -0.05) is 24.3 Å². The third kappa shape index (κ3) is 3.92. The average Bonchev–Trinajstić information content (AvgIpc) is 2.59. The molecule has 0 atom stereocenters. The van der Waals surface area contributed by atoms with Gasteiger partial charge in [-0.2, -0.15) is 0 Å². The number of carboxylic acid groups (broad SMARTS) is 1. The molecule has 0 aliphatic heterocycles. The van der Waals surface area contributed by atoms with Crippen LogP contribution in [0.2, 0.25) is 0 Å². The first-order valence-corrected chi connectivity index (χ1v) is 7.45. The van der Waals surface area contributed by atoms with E-state index >= 15 is 0 Å². The van der Waals surface area contributed by atoms with E-state index in [0.717, 1.165) is 12.1 Å². The monoisotopic (exact) mass is 349 g/mol. The fourth-order valence-electron chi connectivity index (χ4n) is 2.45. The molecule has 6 nitrogen and oxygen atoms in total. The van der Waals surface area contributed by atoms with E-state index in [1.54, 1.807) is 6.92 Å². The number of carbonyl (C=O) groups is 2.